The van der Waals surface area contributed by atoms with Crippen LogP contribution in [0.4, 0.5) is 0 Å². The van der Waals surface area contributed by atoms with Gasteiger partial charge in [0.1, 0.15) is 24.4 Å². The van der Waals surface area contributed by atoms with Crippen LogP contribution in [-0.2, 0) is 42.9 Å². The maximum absolute atomic E-state index is 12.0. The van der Waals surface area contributed by atoms with Crippen LogP contribution in [0.3, 0.4) is 0 Å². The topological polar surface area (TPSA) is 175 Å². The van der Waals surface area contributed by atoms with Crippen molar-refractivity contribution >= 4 is 23.9 Å². The van der Waals surface area contributed by atoms with E-state index in [1.165, 1.54) is 20.2 Å². The normalized spacial score (nSPS) is 14.4. The zero-order valence-electron chi connectivity index (χ0n) is 20.7. The van der Waals surface area contributed by atoms with Gasteiger partial charge in [0.05, 0.1) is 6.20 Å². The predicted molar refractivity (Wildman–Crippen MR) is 117 cm³/mol. The summed E-state index contributed by atoms with van der Waals surface area (Å²) in [5.74, 6) is -3.01. The third-order valence-electron chi connectivity index (χ3n) is 4.74. The summed E-state index contributed by atoms with van der Waals surface area (Å²) in [4.78, 5) is 58.4. The highest BCUT2D eigenvalue weighted by atomic mass is 16.7. The second-order valence-corrected chi connectivity index (χ2v) is 7.62. The first-order valence-corrected chi connectivity index (χ1v) is 11.0. The summed E-state index contributed by atoms with van der Waals surface area (Å²) in [7, 11) is 1.28. The minimum Gasteiger partial charge on any atom is -0.463 e. The molecule has 0 bridgehead atoms. The summed E-state index contributed by atoms with van der Waals surface area (Å²) in [6.45, 7) is 6.08. The molecule has 1 aromatic rings. The number of aromatic nitrogens is 3. The maximum Gasteiger partial charge on any atom is 0.305 e. The molecule has 1 aromatic heterocycles. The van der Waals surface area contributed by atoms with E-state index in [2.05, 4.69) is 15.5 Å². The molecule has 0 aliphatic heterocycles. The lowest BCUT2D eigenvalue weighted by molar-refractivity contribution is -0.211. The first kappa shape index (κ1) is 29.6. The number of methoxy groups -OCH3 is 1. The SMILES string of the molecule is CCCCC(N=O)c1cn(C(C(OC(C)=O)OC(C)=O)C(OC(C)=O)C(COC(C)=O)OC)nn1. The number of rotatable bonds is 15. The highest BCUT2D eigenvalue weighted by Gasteiger charge is 2.44. The van der Waals surface area contributed by atoms with Crippen molar-refractivity contribution in [3.63, 3.8) is 0 Å². The molecule has 14 nitrogen and oxygen atoms in total. The van der Waals surface area contributed by atoms with Crippen molar-refractivity contribution in [1.29, 1.82) is 0 Å². The van der Waals surface area contributed by atoms with Gasteiger partial charge in [-0.1, -0.05) is 30.2 Å². The molecule has 35 heavy (non-hydrogen) atoms. The van der Waals surface area contributed by atoms with E-state index < -0.39 is 54.5 Å². The molecule has 0 fully saturated rings. The van der Waals surface area contributed by atoms with Gasteiger partial charge in [-0.05, 0) is 6.42 Å². The van der Waals surface area contributed by atoms with E-state index in [1.54, 1.807) is 0 Å². The van der Waals surface area contributed by atoms with Crippen LogP contribution in [0.5, 0.6) is 0 Å². The average molecular weight is 501 g/mol. The van der Waals surface area contributed by atoms with E-state index in [4.69, 9.17) is 23.7 Å². The second-order valence-electron chi connectivity index (χ2n) is 7.62. The third kappa shape index (κ3) is 9.76. The molecule has 0 saturated heterocycles. The Balaban J connectivity index is 3.61. The molecule has 14 heteroatoms. The molecular formula is C21H32N4O10. The minimum atomic E-state index is -1.66. The van der Waals surface area contributed by atoms with Gasteiger partial charge in [0, 0.05) is 34.8 Å². The number of unbranched alkanes of at least 4 members (excludes halogenated alkanes) is 1. The number of nitroso groups, excluding NO2 is 1. The predicted octanol–water partition coefficient (Wildman–Crippen LogP) is 1.78. The van der Waals surface area contributed by atoms with E-state index in [0.717, 1.165) is 31.9 Å². The lowest BCUT2D eigenvalue weighted by atomic mass is 10.0. The number of nitrogens with zero attached hydrogens (tertiary/aromatic N) is 4. The van der Waals surface area contributed by atoms with E-state index in [0.29, 0.717) is 12.8 Å². The fourth-order valence-corrected chi connectivity index (χ4v) is 3.22. The molecule has 0 radical (unpaired) electrons. The summed E-state index contributed by atoms with van der Waals surface area (Å²) in [5, 5.41) is 11.1. The van der Waals surface area contributed by atoms with Gasteiger partial charge in [-0.25, -0.2) is 4.68 Å². The van der Waals surface area contributed by atoms with Gasteiger partial charge in [0.2, 0.25) is 0 Å². The number of esters is 4. The first-order valence-electron chi connectivity index (χ1n) is 11.0. The molecule has 0 saturated carbocycles. The lowest BCUT2D eigenvalue weighted by Gasteiger charge is -2.34. The number of hydrogen-bond donors (Lipinski definition) is 0. The zero-order valence-corrected chi connectivity index (χ0v) is 20.7. The lowest BCUT2D eigenvalue weighted by Crippen LogP contribution is -2.49. The Morgan fingerprint density at radius 3 is 2.06 bits per heavy atom. The van der Waals surface area contributed by atoms with Gasteiger partial charge < -0.3 is 23.7 Å². The molecule has 1 rings (SSSR count). The molecule has 4 unspecified atom stereocenters. The standard InChI is InChI=1S/C21H32N4O10/c1-7-8-9-16(23-30)17-10-25(24-22-17)19(21(34-14(4)28)35-15(5)29)20(33-13(3)27)18(31-6)11-32-12(2)26/h10,16,18-21H,7-9,11H2,1-6H3. The highest BCUT2D eigenvalue weighted by molar-refractivity contribution is 5.68. The number of carbonyl (C=O) groups excluding carboxylic acids is 4. The molecule has 0 aliphatic carbocycles. The van der Waals surface area contributed by atoms with E-state index >= 15 is 0 Å². The van der Waals surface area contributed by atoms with Gasteiger partial charge in [-0.15, -0.1) is 5.10 Å². The van der Waals surface area contributed by atoms with Crippen LogP contribution >= 0.6 is 0 Å². The van der Waals surface area contributed by atoms with Crippen molar-refractivity contribution in [3.05, 3.63) is 16.8 Å². The van der Waals surface area contributed by atoms with Gasteiger partial charge in [-0.2, -0.15) is 4.91 Å². The van der Waals surface area contributed by atoms with Gasteiger partial charge >= 0.3 is 23.9 Å². The molecule has 196 valence electrons. The van der Waals surface area contributed by atoms with Crippen LogP contribution in [0.25, 0.3) is 0 Å². The largest absolute Gasteiger partial charge is 0.463 e. The van der Waals surface area contributed by atoms with Crippen molar-refractivity contribution in [2.24, 2.45) is 5.18 Å². The Labute approximate surface area is 202 Å². The second kappa shape index (κ2) is 14.8. The van der Waals surface area contributed by atoms with Crippen molar-refractivity contribution in [1.82, 2.24) is 15.0 Å². The molecule has 1 heterocycles. The highest BCUT2D eigenvalue weighted by Crippen LogP contribution is 2.29. The smallest absolute Gasteiger partial charge is 0.305 e. The van der Waals surface area contributed by atoms with Gasteiger partial charge in [0.15, 0.2) is 12.1 Å². The maximum atomic E-state index is 12.0. The Kier molecular flexibility index (Phi) is 12.5. The van der Waals surface area contributed by atoms with Crippen molar-refractivity contribution in [3.8, 4) is 0 Å². The molecule has 0 aliphatic rings. The number of hydrogen-bond acceptors (Lipinski definition) is 13. The van der Waals surface area contributed by atoms with Crippen LogP contribution in [-0.4, -0.2) is 71.1 Å². The van der Waals surface area contributed by atoms with Crippen molar-refractivity contribution in [2.75, 3.05) is 13.7 Å². The van der Waals surface area contributed by atoms with Crippen molar-refractivity contribution < 1.29 is 42.9 Å². The summed E-state index contributed by atoms with van der Waals surface area (Å²) in [6, 6.07) is -2.15. The Hall–Kier alpha value is -3.42. The fraction of sp³-hybridized carbons (Fsp3) is 0.714. The molecular weight excluding hydrogens is 468 g/mol. The van der Waals surface area contributed by atoms with Crippen LogP contribution in [0.15, 0.2) is 11.4 Å². The van der Waals surface area contributed by atoms with E-state index in [9.17, 15) is 24.1 Å². The summed E-state index contributed by atoms with van der Waals surface area (Å²) in [6.07, 6.45) is -0.813. The summed E-state index contributed by atoms with van der Waals surface area (Å²) >= 11 is 0. The van der Waals surface area contributed by atoms with Crippen LogP contribution in [0.2, 0.25) is 0 Å². The number of ether oxygens (including phenoxy) is 5. The minimum absolute atomic E-state index is 0.207. The van der Waals surface area contributed by atoms with Crippen LogP contribution in [0, 0.1) is 4.91 Å². The quantitative estimate of drug-likeness (QED) is 0.148. The fourth-order valence-electron chi connectivity index (χ4n) is 3.22. The van der Waals surface area contributed by atoms with E-state index in [1.807, 2.05) is 6.92 Å². The third-order valence-corrected chi connectivity index (χ3v) is 4.74. The van der Waals surface area contributed by atoms with Gasteiger partial charge in [0.25, 0.3) is 6.29 Å². The molecule has 0 aromatic carbocycles. The summed E-state index contributed by atoms with van der Waals surface area (Å²) < 4.78 is 27.4. The van der Waals surface area contributed by atoms with Gasteiger partial charge in [-0.3, -0.25) is 19.2 Å². The monoisotopic (exact) mass is 500 g/mol. The first-order chi connectivity index (χ1) is 16.5. The molecule has 0 spiro atoms. The Morgan fingerprint density at radius 1 is 1.00 bits per heavy atom. The number of carbonyl (C=O) groups is 4. The Bertz CT molecular complexity index is 858. The van der Waals surface area contributed by atoms with Crippen molar-refractivity contribution in [2.45, 2.75) is 84.5 Å². The molecule has 0 amide bonds. The van der Waals surface area contributed by atoms with E-state index in [-0.39, 0.29) is 12.3 Å². The molecule has 0 N–H and O–H groups in total. The van der Waals surface area contributed by atoms with Crippen LogP contribution < -0.4 is 0 Å². The van der Waals surface area contributed by atoms with Crippen LogP contribution in [0.1, 0.15) is 71.7 Å². The summed E-state index contributed by atoms with van der Waals surface area (Å²) in [5.41, 5.74) is 0.207. The Morgan fingerprint density at radius 2 is 1.60 bits per heavy atom. The zero-order chi connectivity index (χ0) is 26.5. The average Bonchev–Trinajstić information content (AvgIpc) is 3.22. The molecule has 4 atom stereocenters.